The lowest BCUT2D eigenvalue weighted by Crippen LogP contribution is -2.46. The summed E-state index contributed by atoms with van der Waals surface area (Å²) in [6, 6.07) is 3.46. The van der Waals surface area contributed by atoms with Crippen molar-refractivity contribution in [3.63, 3.8) is 0 Å². The van der Waals surface area contributed by atoms with E-state index in [0.717, 1.165) is 21.2 Å². The number of nitrogens with one attached hydrogen (secondary N) is 3. The fourth-order valence-electron chi connectivity index (χ4n) is 2.86. The van der Waals surface area contributed by atoms with Crippen molar-refractivity contribution in [1.29, 1.82) is 0 Å². The lowest BCUT2D eigenvalue weighted by Gasteiger charge is -2.30. The highest BCUT2D eigenvalue weighted by Crippen LogP contribution is 2.36. The number of carbonyl (C=O) groups excluding carboxylic acids is 1. The van der Waals surface area contributed by atoms with Crippen molar-refractivity contribution in [3.8, 4) is 11.1 Å². The minimum absolute atomic E-state index is 0.0642. The van der Waals surface area contributed by atoms with Crippen LogP contribution in [0.25, 0.3) is 11.1 Å². The Hall–Kier alpha value is -2.11. The zero-order valence-corrected chi connectivity index (χ0v) is 16.4. The highest BCUT2D eigenvalue weighted by molar-refractivity contribution is 9.10. The van der Waals surface area contributed by atoms with Crippen LogP contribution in [0.1, 0.15) is 18.7 Å². The van der Waals surface area contributed by atoms with Gasteiger partial charge in [0.2, 0.25) is 6.29 Å². The van der Waals surface area contributed by atoms with Gasteiger partial charge in [0.1, 0.15) is 5.82 Å². The third kappa shape index (κ3) is 3.94. The number of hydrazine groups is 1. The lowest BCUT2D eigenvalue weighted by molar-refractivity contribution is -0.126. The molecule has 0 aromatic carbocycles. The van der Waals surface area contributed by atoms with Crippen LogP contribution in [-0.4, -0.2) is 47.1 Å². The van der Waals surface area contributed by atoms with Gasteiger partial charge in [0.15, 0.2) is 12.5 Å². The number of fused-ring (bicyclic) bond motifs is 1. The maximum absolute atomic E-state index is 11.6. The second-order valence-corrected chi connectivity index (χ2v) is 7.05. The molecule has 2 aliphatic heterocycles. The van der Waals surface area contributed by atoms with Crippen molar-refractivity contribution >= 4 is 27.8 Å². The lowest BCUT2D eigenvalue weighted by atomic mass is 10.1. The first-order valence-corrected chi connectivity index (χ1v) is 9.30. The minimum atomic E-state index is -0.299. The Bertz CT molecular complexity index is 866. The van der Waals surface area contributed by atoms with Crippen molar-refractivity contribution in [3.05, 3.63) is 40.8 Å². The molecule has 2 aliphatic rings. The molecule has 4 rings (SSSR count). The van der Waals surface area contributed by atoms with Gasteiger partial charge in [-0.3, -0.25) is 10.3 Å². The molecule has 142 valence electrons. The average Bonchev–Trinajstić information content (AvgIpc) is 3.39. The second kappa shape index (κ2) is 7.49. The van der Waals surface area contributed by atoms with Gasteiger partial charge in [-0.15, -0.1) is 0 Å². The number of urea groups is 1. The van der Waals surface area contributed by atoms with Crippen LogP contribution in [0, 0.1) is 0 Å². The standard InChI is InChI=1S/C17H19BrN6O3/c1-3-20-17(25)22-13-5-12(18)11(8-21-13)9-4-10(7-19-6-9)15-24(2)23-14-16(26-14)27-15/h4-8,14-16,23H,3H2,1-2H3,(H2,20,21,22,25). The van der Waals surface area contributed by atoms with Gasteiger partial charge in [-0.1, -0.05) is 0 Å². The number of hydrogen-bond acceptors (Lipinski definition) is 7. The molecule has 3 unspecified atom stereocenters. The Morgan fingerprint density at radius 2 is 2.19 bits per heavy atom. The normalized spacial score (nSPS) is 24.2. The van der Waals surface area contributed by atoms with E-state index in [9.17, 15) is 4.79 Å². The van der Waals surface area contributed by atoms with E-state index in [0.29, 0.717) is 12.4 Å². The molecule has 2 fully saturated rings. The summed E-state index contributed by atoms with van der Waals surface area (Å²) in [5.41, 5.74) is 5.84. The molecule has 2 amide bonds. The van der Waals surface area contributed by atoms with E-state index in [1.54, 1.807) is 24.7 Å². The predicted molar refractivity (Wildman–Crippen MR) is 101 cm³/mol. The molecule has 3 N–H and O–H groups in total. The molecule has 2 aromatic heterocycles. The molecule has 0 spiro atoms. The smallest absolute Gasteiger partial charge is 0.320 e. The number of ether oxygens (including phenoxy) is 2. The second-order valence-electron chi connectivity index (χ2n) is 6.19. The van der Waals surface area contributed by atoms with E-state index in [1.807, 2.05) is 25.0 Å². The number of halogens is 1. The van der Waals surface area contributed by atoms with Crippen LogP contribution in [0.4, 0.5) is 10.6 Å². The molecule has 9 nitrogen and oxygen atoms in total. The van der Waals surface area contributed by atoms with E-state index in [1.165, 1.54) is 0 Å². The Morgan fingerprint density at radius 3 is 2.96 bits per heavy atom. The van der Waals surface area contributed by atoms with Crippen LogP contribution in [0.5, 0.6) is 0 Å². The summed E-state index contributed by atoms with van der Waals surface area (Å²) in [6.07, 6.45) is 4.63. The molecule has 0 radical (unpaired) electrons. The van der Waals surface area contributed by atoms with Crippen molar-refractivity contribution in [1.82, 2.24) is 25.7 Å². The predicted octanol–water partition coefficient (Wildman–Crippen LogP) is 2.20. The van der Waals surface area contributed by atoms with E-state index in [4.69, 9.17) is 9.47 Å². The maximum Gasteiger partial charge on any atom is 0.320 e. The number of pyridine rings is 2. The maximum atomic E-state index is 11.6. The molecule has 10 heteroatoms. The summed E-state index contributed by atoms with van der Waals surface area (Å²) in [7, 11) is 1.90. The number of nitrogens with zero attached hydrogens (tertiary/aromatic N) is 3. The molecule has 27 heavy (non-hydrogen) atoms. The average molecular weight is 435 g/mol. The van der Waals surface area contributed by atoms with Crippen LogP contribution in [0.3, 0.4) is 0 Å². The third-order valence-corrected chi connectivity index (χ3v) is 4.84. The molecule has 0 aliphatic carbocycles. The van der Waals surface area contributed by atoms with Crippen molar-refractivity contribution in [2.24, 2.45) is 0 Å². The topological polar surface area (TPSA) is 104 Å². The molecule has 2 saturated heterocycles. The molecule has 3 atom stereocenters. The molecule has 4 heterocycles. The Balaban J connectivity index is 1.55. The van der Waals surface area contributed by atoms with Crippen LogP contribution >= 0.6 is 15.9 Å². The zero-order chi connectivity index (χ0) is 19.0. The number of anilines is 1. The summed E-state index contributed by atoms with van der Waals surface area (Å²) in [5, 5.41) is 7.21. The Morgan fingerprint density at radius 1 is 1.33 bits per heavy atom. The summed E-state index contributed by atoms with van der Waals surface area (Å²) in [4.78, 5) is 20.3. The van der Waals surface area contributed by atoms with Gasteiger partial charge in [0.05, 0.1) is 0 Å². The quantitative estimate of drug-likeness (QED) is 0.633. The first-order valence-electron chi connectivity index (χ1n) is 8.51. The van der Waals surface area contributed by atoms with Gasteiger partial charge in [0.25, 0.3) is 0 Å². The number of epoxide rings is 1. The van der Waals surface area contributed by atoms with Crippen molar-refractivity contribution in [2.75, 3.05) is 18.9 Å². The highest BCUT2D eigenvalue weighted by atomic mass is 79.9. The van der Waals surface area contributed by atoms with Gasteiger partial charge in [0, 0.05) is 53.3 Å². The van der Waals surface area contributed by atoms with Crippen LogP contribution in [0.2, 0.25) is 0 Å². The van der Waals surface area contributed by atoms with Crippen LogP contribution in [0.15, 0.2) is 35.2 Å². The number of rotatable bonds is 4. The van der Waals surface area contributed by atoms with Crippen molar-refractivity contribution < 1.29 is 14.3 Å². The molecule has 2 aromatic rings. The molecular weight excluding hydrogens is 416 g/mol. The van der Waals surface area contributed by atoms with Gasteiger partial charge in [-0.25, -0.2) is 20.2 Å². The summed E-state index contributed by atoms with van der Waals surface area (Å²) < 4.78 is 12.0. The largest absolute Gasteiger partial charge is 0.338 e. The van der Waals surface area contributed by atoms with Gasteiger partial charge in [-0.05, 0) is 35.0 Å². The first kappa shape index (κ1) is 18.3. The third-order valence-electron chi connectivity index (χ3n) is 4.18. The monoisotopic (exact) mass is 434 g/mol. The summed E-state index contributed by atoms with van der Waals surface area (Å²) >= 11 is 3.55. The SMILES string of the molecule is CCNC(=O)Nc1cc(Br)c(-c2cncc(C3OC4OC4NN3C)c2)cn1. The highest BCUT2D eigenvalue weighted by Gasteiger charge is 2.48. The van der Waals surface area contributed by atoms with Gasteiger partial charge in [-0.2, -0.15) is 0 Å². The molecule has 0 saturated carbocycles. The van der Waals surface area contributed by atoms with E-state index >= 15 is 0 Å². The van der Waals surface area contributed by atoms with Crippen LogP contribution in [-0.2, 0) is 9.47 Å². The fraction of sp³-hybridized carbons (Fsp3) is 0.353. The summed E-state index contributed by atoms with van der Waals surface area (Å²) in [6.45, 7) is 2.40. The van der Waals surface area contributed by atoms with E-state index in [-0.39, 0.29) is 24.8 Å². The fourth-order valence-corrected chi connectivity index (χ4v) is 3.40. The molecular formula is C17H19BrN6O3. The number of amides is 2. The molecule has 0 bridgehead atoms. The van der Waals surface area contributed by atoms with Crippen LogP contribution < -0.4 is 16.1 Å². The number of hydrogen-bond donors (Lipinski definition) is 3. The first-order chi connectivity index (χ1) is 13.0. The van der Waals surface area contributed by atoms with E-state index in [2.05, 4.69) is 42.0 Å². The number of aromatic nitrogens is 2. The Labute approximate surface area is 164 Å². The Kier molecular flexibility index (Phi) is 5.06. The number of carbonyl (C=O) groups is 1. The van der Waals surface area contributed by atoms with Crippen molar-refractivity contribution in [2.45, 2.75) is 25.7 Å². The van der Waals surface area contributed by atoms with E-state index < -0.39 is 0 Å². The minimum Gasteiger partial charge on any atom is -0.338 e. The van der Waals surface area contributed by atoms with Gasteiger partial charge < -0.3 is 14.8 Å². The summed E-state index contributed by atoms with van der Waals surface area (Å²) in [5.74, 6) is 0.456. The van der Waals surface area contributed by atoms with Gasteiger partial charge >= 0.3 is 6.03 Å². The zero-order valence-electron chi connectivity index (χ0n) is 14.8.